The first-order chi connectivity index (χ1) is 25.1. The predicted octanol–water partition coefficient (Wildman–Crippen LogP) is 5.58. The molecular formula is C42H73N5O6S. The Morgan fingerprint density at radius 2 is 1.67 bits per heavy atom. The second-order valence-corrected chi connectivity index (χ2v) is 19.2. The highest BCUT2D eigenvalue weighted by Gasteiger charge is 2.44. The van der Waals surface area contributed by atoms with E-state index in [1.54, 1.807) is 49.0 Å². The Balaban J connectivity index is 2.31. The summed E-state index contributed by atoms with van der Waals surface area (Å²) in [6.45, 7) is 21.4. The molecule has 0 radical (unpaired) electrons. The van der Waals surface area contributed by atoms with Gasteiger partial charge in [-0.25, -0.2) is 0 Å². The van der Waals surface area contributed by atoms with Crippen LogP contribution < -0.4 is 10.6 Å². The van der Waals surface area contributed by atoms with E-state index >= 15 is 0 Å². The first-order valence-electron chi connectivity index (χ1n) is 19.9. The number of phenolic OH excluding ortho intramolecular Hbond substituents is 1. The number of hydrogen-bond acceptors (Lipinski definition) is 8. The quantitative estimate of drug-likeness (QED) is 0.157. The maximum absolute atomic E-state index is 14.4. The van der Waals surface area contributed by atoms with Crippen molar-refractivity contribution in [2.45, 2.75) is 142 Å². The molecule has 0 spiro atoms. The van der Waals surface area contributed by atoms with Gasteiger partial charge in [0.2, 0.25) is 23.6 Å². The number of aromatic hydroxyl groups is 1. The van der Waals surface area contributed by atoms with Gasteiger partial charge in [-0.05, 0) is 68.8 Å². The Morgan fingerprint density at radius 3 is 2.19 bits per heavy atom. The van der Waals surface area contributed by atoms with Crippen LogP contribution in [0.15, 0.2) is 24.3 Å². The van der Waals surface area contributed by atoms with Crippen molar-refractivity contribution in [3.63, 3.8) is 0 Å². The lowest BCUT2D eigenvalue weighted by Gasteiger charge is -2.41. The minimum Gasteiger partial charge on any atom is -0.508 e. The van der Waals surface area contributed by atoms with Gasteiger partial charge in [0, 0.05) is 49.2 Å². The van der Waals surface area contributed by atoms with Crippen molar-refractivity contribution in [1.82, 2.24) is 25.3 Å². The highest BCUT2D eigenvalue weighted by atomic mass is 32.2. The molecule has 1 heterocycles. The third-order valence-corrected chi connectivity index (χ3v) is 12.5. The Kier molecular flexibility index (Phi) is 18.8. The number of hydrogen-bond donors (Lipinski definition) is 3. The van der Waals surface area contributed by atoms with Gasteiger partial charge >= 0.3 is 0 Å². The molecule has 1 aromatic rings. The normalized spacial score (nSPS) is 18.9. The average Bonchev–Trinajstić information content (AvgIpc) is 3.57. The third-order valence-electron chi connectivity index (χ3n) is 10.8. The molecule has 0 aromatic heterocycles. The highest BCUT2D eigenvalue weighted by Crippen LogP contribution is 2.40. The molecule has 4 amide bonds. The van der Waals surface area contributed by atoms with Crippen molar-refractivity contribution in [3.8, 4) is 5.75 Å². The predicted molar refractivity (Wildman–Crippen MR) is 220 cm³/mol. The third kappa shape index (κ3) is 13.4. The summed E-state index contributed by atoms with van der Waals surface area (Å²) in [5.41, 5.74) is 0.945. The molecule has 1 saturated heterocycles. The molecule has 1 aliphatic heterocycles. The molecule has 54 heavy (non-hydrogen) atoms. The number of phenols is 1. The van der Waals surface area contributed by atoms with Crippen LogP contribution in [0, 0.1) is 23.7 Å². The SMILES string of the molecule is CCC(C)C(C(CC(=O)N1CCCC1C(SC(C)(C)C)C(C)C(=O)NCCc1cccc(O)c1)OC)N(C)C(=O)C(NC(=O)C(C(C)C)N(C)C)C(C)C. The standard InChI is InChI=1S/C42H73N5O6S/c1-15-28(6)37(46(13)41(52)35(26(2)3)44-40(51)36(27(4)5)45(11)12)33(53-14)25-34(49)47-23-17-20-32(47)38(54-42(8,9)10)29(7)39(50)43-22-21-30-18-16-19-31(48)24-30/h16,18-19,24,26-29,32-33,35-38,48H,15,17,20-23,25H2,1-14H3,(H,43,50)(H,44,51). The Hall–Kier alpha value is -2.83. The summed E-state index contributed by atoms with van der Waals surface area (Å²) in [7, 11) is 7.10. The topological polar surface area (TPSA) is 132 Å². The molecule has 8 unspecified atom stereocenters. The van der Waals surface area contributed by atoms with E-state index in [4.69, 9.17) is 4.74 Å². The molecule has 3 N–H and O–H groups in total. The summed E-state index contributed by atoms with van der Waals surface area (Å²) in [6.07, 6.45) is 2.51. The van der Waals surface area contributed by atoms with E-state index in [9.17, 15) is 24.3 Å². The number of methoxy groups -OCH3 is 1. The second-order valence-electron chi connectivity index (χ2n) is 17.2. The van der Waals surface area contributed by atoms with Crippen LogP contribution in [-0.4, -0.2) is 125 Å². The van der Waals surface area contributed by atoms with Crippen LogP contribution in [0.5, 0.6) is 5.75 Å². The molecule has 2 rings (SSSR count). The van der Waals surface area contributed by atoms with Crippen LogP contribution in [0.25, 0.3) is 0 Å². The van der Waals surface area contributed by atoms with Crippen molar-refractivity contribution in [2.24, 2.45) is 23.7 Å². The van der Waals surface area contributed by atoms with Gasteiger partial charge in [0.05, 0.1) is 24.6 Å². The highest BCUT2D eigenvalue weighted by molar-refractivity contribution is 8.01. The smallest absolute Gasteiger partial charge is 0.245 e. The second kappa shape index (κ2) is 21.5. The number of likely N-dealkylation sites (N-methyl/N-ethyl adjacent to an activating group) is 2. The minimum atomic E-state index is -0.742. The number of nitrogens with zero attached hydrogens (tertiary/aromatic N) is 3. The molecule has 308 valence electrons. The fourth-order valence-corrected chi connectivity index (χ4v) is 9.43. The molecule has 8 atom stereocenters. The van der Waals surface area contributed by atoms with Gasteiger partial charge in [-0.3, -0.25) is 24.1 Å². The monoisotopic (exact) mass is 776 g/mol. The fourth-order valence-electron chi connectivity index (χ4n) is 7.84. The van der Waals surface area contributed by atoms with Crippen molar-refractivity contribution < 1.29 is 29.0 Å². The average molecular weight is 776 g/mol. The van der Waals surface area contributed by atoms with Gasteiger partial charge in [0.1, 0.15) is 11.8 Å². The van der Waals surface area contributed by atoms with Crippen molar-refractivity contribution in [2.75, 3.05) is 41.3 Å². The lowest BCUT2D eigenvalue weighted by molar-refractivity contribution is -0.146. The molecule has 0 aliphatic carbocycles. The molecule has 1 fully saturated rings. The van der Waals surface area contributed by atoms with Gasteiger partial charge in [-0.1, -0.05) is 87.8 Å². The van der Waals surface area contributed by atoms with Gasteiger partial charge < -0.3 is 30.3 Å². The number of ether oxygens (including phenoxy) is 1. The maximum Gasteiger partial charge on any atom is 0.245 e. The van der Waals surface area contributed by atoms with Crippen LogP contribution in [0.3, 0.4) is 0 Å². The lowest BCUT2D eigenvalue weighted by Crippen LogP contribution is -2.59. The number of amides is 4. The van der Waals surface area contributed by atoms with Crippen molar-refractivity contribution in [3.05, 3.63) is 29.8 Å². The van der Waals surface area contributed by atoms with Gasteiger partial charge in [0.25, 0.3) is 0 Å². The van der Waals surface area contributed by atoms with Crippen LogP contribution in [0.2, 0.25) is 0 Å². The summed E-state index contributed by atoms with van der Waals surface area (Å²) in [6, 6.07) is 5.38. The molecule has 1 aliphatic rings. The summed E-state index contributed by atoms with van der Waals surface area (Å²) in [5, 5.41) is 15.9. The van der Waals surface area contributed by atoms with E-state index in [2.05, 4.69) is 45.3 Å². The van der Waals surface area contributed by atoms with Crippen molar-refractivity contribution in [1.29, 1.82) is 0 Å². The Morgan fingerprint density at radius 1 is 1.02 bits per heavy atom. The van der Waals surface area contributed by atoms with E-state index in [0.717, 1.165) is 24.8 Å². The Labute approximate surface area is 331 Å². The van der Waals surface area contributed by atoms with E-state index < -0.39 is 18.2 Å². The lowest BCUT2D eigenvalue weighted by atomic mass is 9.89. The molecule has 12 heteroatoms. The van der Waals surface area contributed by atoms with E-state index in [1.165, 1.54) is 0 Å². The first-order valence-corrected chi connectivity index (χ1v) is 20.8. The number of benzene rings is 1. The van der Waals surface area contributed by atoms with E-state index in [1.807, 2.05) is 64.6 Å². The molecule has 11 nitrogen and oxygen atoms in total. The molecular weight excluding hydrogens is 703 g/mol. The van der Waals surface area contributed by atoms with Gasteiger partial charge in [0.15, 0.2) is 0 Å². The summed E-state index contributed by atoms with van der Waals surface area (Å²) in [5.74, 6) is -0.749. The van der Waals surface area contributed by atoms with Crippen LogP contribution in [0.1, 0.15) is 100 Å². The number of carbonyl (C=O) groups is 4. The number of nitrogens with one attached hydrogen (secondary N) is 2. The number of likely N-dealkylation sites (tertiary alicyclic amines) is 1. The largest absolute Gasteiger partial charge is 0.508 e. The number of rotatable bonds is 20. The molecule has 0 bridgehead atoms. The number of carbonyl (C=O) groups excluding carboxylic acids is 4. The minimum absolute atomic E-state index is 0.00698. The summed E-state index contributed by atoms with van der Waals surface area (Å²) in [4.78, 5) is 61.3. The van der Waals surface area contributed by atoms with Gasteiger partial charge in [-0.2, -0.15) is 0 Å². The van der Waals surface area contributed by atoms with Crippen molar-refractivity contribution >= 4 is 35.4 Å². The fraction of sp³-hybridized carbons (Fsp3) is 0.762. The maximum atomic E-state index is 14.4. The summed E-state index contributed by atoms with van der Waals surface area (Å²) >= 11 is 1.74. The van der Waals surface area contributed by atoms with Crippen LogP contribution in [0.4, 0.5) is 0 Å². The zero-order valence-electron chi connectivity index (χ0n) is 35.8. The molecule has 1 aromatic carbocycles. The zero-order valence-corrected chi connectivity index (χ0v) is 36.6. The van der Waals surface area contributed by atoms with E-state index in [0.29, 0.717) is 19.5 Å². The van der Waals surface area contributed by atoms with Gasteiger partial charge in [-0.15, -0.1) is 11.8 Å². The van der Waals surface area contributed by atoms with Crippen LogP contribution >= 0.6 is 11.8 Å². The number of thioether (sulfide) groups is 1. The molecule has 0 saturated carbocycles. The zero-order chi connectivity index (χ0) is 41.1. The van der Waals surface area contributed by atoms with E-state index in [-0.39, 0.29) is 81.6 Å². The summed E-state index contributed by atoms with van der Waals surface area (Å²) < 4.78 is 5.94. The first kappa shape index (κ1) is 47.3. The Bertz CT molecular complexity index is 1360. The van der Waals surface area contributed by atoms with Crippen LogP contribution in [-0.2, 0) is 30.3 Å².